The number of aromatic nitrogens is 3. The van der Waals surface area contributed by atoms with Crippen LogP contribution in [0.1, 0.15) is 73.8 Å². The average Bonchev–Trinajstić information content (AvgIpc) is 3.71. The number of nitrogens with one attached hydrogen (secondary N) is 4. The Hall–Kier alpha value is -6.01. The van der Waals surface area contributed by atoms with E-state index in [9.17, 15) is 49.9 Å². The van der Waals surface area contributed by atoms with E-state index in [0.717, 1.165) is 16.7 Å². The van der Waals surface area contributed by atoms with E-state index in [-0.39, 0.29) is 29.5 Å². The van der Waals surface area contributed by atoms with Gasteiger partial charge in [0.2, 0.25) is 17.6 Å². The van der Waals surface area contributed by atoms with E-state index >= 15 is 0 Å². The van der Waals surface area contributed by atoms with Crippen LogP contribution in [0.3, 0.4) is 0 Å². The van der Waals surface area contributed by atoms with Crippen LogP contribution in [0.4, 0.5) is 41.2 Å². The molecule has 19 heteroatoms. The van der Waals surface area contributed by atoms with Gasteiger partial charge in [-0.2, -0.15) is 30.7 Å². The van der Waals surface area contributed by atoms with Crippen LogP contribution < -0.4 is 16.0 Å². The number of alkyl carbamates (subject to hydrolysis) is 1. The lowest BCUT2D eigenvalue weighted by atomic mass is 9.81. The third-order valence-electron chi connectivity index (χ3n) is 10.1. The number of ether oxygens (including phenoxy) is 2. The molecule has 1 aromatic heterocycles. The number of anilines is 1. The fraction of sp³-hybridized carbons (Fsp3) is 0.429. The first kappa shape index (κ1) is 46.1. The smallest absolute Gasteiger partial charge is 0.460 e. The highest BCUT2D eigenvalue weighted by molar-refractivity contribution is 5.98. The predicted octanol–water partition coefficient (Wildman–Crippen LogP) is 8.52. The zero-order valence-corrected chi connectivity index (χ0v) is 33.8. The number of hydrogen-bond donors (Lipinski definition) is 4. The number of halogens is 7. The van der Waals surface area contributed by atoms with Gasteiger partial charge >= 0.3 is 30.1 Å². The molecular formula is C42H45F7N6O6. The van der Waals surface area contributed by atoms with Gasteiger partial charge < -0.3 is 30.4 Å². The van der Waals surface area contributed by atoms with Crippen LogP contribution in [0.15, 0.2) is 66.7 Å². The Labute approximate surface area is 346 Å². The maximum absolute atomic E-state index is 14.2. The number of nitrogens with zero attached hydrogens (tertiary/aromatic N) is 2. The molecular weight excluding hydrogens is 817 g/mol. The van der Waals surface area contributed by atoms with E-state index in [0.29, 0.717) is 43.4 Å². The molecule has 1 unspecified atom stereocenters. The minimum Gasteiger partial charge on any atom is -0.465 e. The van der Waals surface area contributed by atoms with Crippen molar-refractivity contribution in [1.82, 2.24) is 25.8 Å². The topological polar surface area (TPSA) is 164 Å². The molecule has 5 rings (SSSR count). The number of aromatic amines is 1. The van der Waals surface area contributed by atoms with Crippen molar-refractivity contribution >= 4 is 29.6 Å². The molecule has 0 saturated heterocycles. The summed E-state index contributed by atoms with van der Waals surface area (Å²) in [7, 11) is 1.29. The van der Waals surface area contributed by atoms with E-state index in [1.165, 1.54) is 31.4 Å². The first-order chi connectivity index (χ1) is 28.5. The normalized spacial score (nSPS) is 16.6. The van der Waals surface area contributed by atoms with Crippen LogP contribution in [0.5, 0.6) is 0 Å². The van der Waals surface area contributed by atoms with Gasteiger partial charge in [0.1, 0.15) is 11.6 Å². The molecule has 4 aromatic rings. The molecule has 1 atom stereocenters. The highest BCUT2D eigenvalue weighted by Gasteiger charge is 2.75. The molecule has 61 heavy (non-hydrogen) atoms. The Morgan fingerprint density at radius 1 is 0.836 bits per heavy atom. The lowest BCUT2D eigenvalue weighted by molar-refractivity contribution is -0.361. The van der Waals surface area contributed by atoms with Crippen LogP contribution in [0.2, 0.25) is 0 Å². The van der Waals surface area contributed by atoms with Crippen molar-refractivity contribution < 1.29 is 59.4 Å². The minimum atomic E-state index is -6.56. The van der Waals surface area contributed by atoms with E-state index < -0.39 is 65.2 Å². The fourth-order valence-electron chi connectivity index (χ4n) is 6.76. The number of benzene rings is 3. The first-order valence-electron chi connectivity index (χ1n) is 19.2. The van der Waals surface area contributed by atoms with Gasteiger partial charge in [-0.15, -0.1) is 10.2 Å². The van der Waals surface area contributed by atoms with E-state index in [4.69, 9.17) is 9.47 Å². The highest BCUT2D eigenvalue weighted by atomic mass is 19.4. The van der Waals surface area contributed by atoms with Crippen molar-refractivity contribution in [2.45, 2.75) is 89.5 Å². The standard InChI is InChI=1S/C42H45F7N6O6/c1-23-20-29(36(58)60-5)16-19-31(23)26-10-6-24(7-11-26)21-32(52-34(56)28-12-8-25(9-13-28)22-50-38(59)61-39(2,3)4)35(57)51-30-17-14-27(15-18-30)33-53-37(55-54-33)40(43,44)41(45,46)42(47,48)49/h6-7,10-11,14-20,25,28,32H,8-9,12-13,21-22H2,1-5H3,(H,50,59)(H,51,57)(H,52,56)(H,53,54,55). The van der Waals surface area contributed by atoms with Crippen LogP contribution in [0.25, 0.3) is 22.5 Å². The lowest BCUT2D eigenvalue weighted by Gasteiger charge is -2.29. The van der Waals surface area contributed by atoms with Gasteiger partial charge in [-0.25, -0.2) is 9.59 Å². The average molecular weight is 863 g/mol. The largest absolute Gasteiger partial charge is 0.465 e. The molecule has 4 N–H and O–H groups in total. The summed E-state index contributed by atoms with van der Waals surface area (Å²) in [5.74, 6) is -16.4. The molecule has 0 spiro atoms. The summed E-state index contributed by atoms with van der Waals surface area (Å²) in [6.07, 6.45) is -4.72. The number of methoxy groups -OCH3 is 1. The van der Waals surface area contributed by atoms with E-state index in [2.05, 4.69) is 26.1 Å². The van der Waals surface area contributed by atoms with Gasteiger partial charge in [0.25, 0.3) is 0 Å². The lowest BCUT2D eigenvalue weighted by Crippen LogP contribution is -2.50. The van der Waals surface area contributed by atoms with Gasteiger partial charge in [0.05, 0.1) is 12.7 Å². The monoisotopic (exact) mass is 862 g/mol. The SMILES string of the molecule is COC(=O)c1ccc(-c2ccc(CC(NC(=O)C3CCC(CNC(=O)OC(C)(C)C)CC3)C(=O)Nc3ccc(-c4nnc(C(F)(F)C(F)(F)C(F)(F)F)[nH]4)cc3)cc2)c(C)c1. The number of hydrogen-bond acceptors (Lipinski definition) is 8. The summed E-state index contributed by atoms with van der Waals surface area (Å²) in [6.45, 7) is 7.52. The third-order valence-corrected chi connectivity index (χ3v) is 10.1. The maximum atomic E-state index is 14.2. The summed E-state index contributed by atoms with van der Waals surface area (Å²) < 4.78 is 104. The molecule has 1 aliphatic rings. The summed E-state index contributed by atoms with van der Waals surface area (Å²) in [6, 6.07) is 16.4. The molecule has 0 radical (unpaired) electrons. The number of esters is 1. The third kappa shape index (κ3) is 11.2. The Morgan fingerprint density at radius 2 is 1.46 bits per heavy atom. The van der Waals surface area contributed by atoms with Gasteiger partial charge in [-0.05, 0) is 118 Å². The second-order valence-electron chi connectivity index (χ2n) is 15.8. The Balaban J connectivity index is 1.29. The van der Waals surface area contributed by atoms with Crippen LogP contribution in [0, 0.1) is 18.8 Å². The highest BCUT2D eigenvalue weighted by Crippen LogP contribution is 2.51. The number of alkyl halides is 7. The molecule has 0 bridgehead atoms. The van der Waals surface area contributed by atoms with Crippen LogP contribution in [-0.2, 0) is 31.4 Å². The Bertz CT molecular complexity index is 2200. The summed E-state index contributed by atoms with van der Waals surface area (Å²) in [5.41, 5.74) is 3.09. The van der Waals surface area contributed by atoms with Crippen LogP contribution in [-0.4, -0.2) is 76.5 Å². The second kappa shape index (κ2) is 18.3. The van der Waals surface area contributed by atoms with Crippen molar-refractivity contribution in [2.24, 2.45) is 11.8 Å². The molecule has 1 saturated carbocycles. The van der Waals surface area contributed by atoms with Crippen molar-refractivity contribution in [1.29, 1.82) is 0 Å². The summed E-state index contributed by atoms with van der Waals surface area (Å²) in [4.78, 5) is 53.3. The molecule has 1 heterocycles. The van der Waals surface area contributed by atoms with Gasteiger partial charge in [-0.1, -0.05) is 30.3 Å². The predicted molar refractivity (Wildman–Crippen MR) is 209 cm³/mol. The molecule has 328 valence electrons. The number of amides is 3. The zero-order valence-electron chi connectivity index (χ0n) is 33.8. The number of carbonyl (C=O) groups is 4. The minimum absolute atomic E-state index is 0.0279. The van der Waals surface area contributed by atoms with Gasteiger partial charge in [0.15, 0.2) is 5.82 Å². The molecule has 1 fully saturated rings. The molecule has 0 aliphatic heterocycles. The molecule has 3 amide bonds. The second-order valence-corrected chi connectivity index (χ2v) is 15.8. The Morgan fingerprint density at radius 3 is 2.03 bits per heavy atom. The quantitative estimate of drug-likeness (QED) is 0.0768. The maximum Gasteiger partial charge on any atom is 0.460 e. The van der Waals surface area contributed by atoms with Crippen LogP contribution >= 0.6 is 0 Å². The van der Waals surface area contributed by atoms with Crippen molar-refractivity contribution in [3.05, 3.63) is 89.2 Å². The summed E-state index contributed by atoms with van der Waals surface area (Å²) in [5, 5.41) is 14.5. The van der Waals surface area contributed by atoms with Crippen molar-refractivity contribution in [2.75, 3.05) is 19.0 Å². The molecule has 3 aromatic carbocycles. The fourth-order valence-corrected chi connectivity index (χ4v) is 6.76. The van der Waals surface area contributed by atoms with Crippen molar-refractivity contribution in [3.63, 3.8) is 0 Å². The Kier molecular flexibility index (Phi) is 13.8. The zero-order chi connectivity index (χ0) is 44.9. The number of carbonyl (C=O) groups excluding carboxylic acids is 4. The number of rotatable bonds is 13. The van der Waals surface area contributed by atoms with E-state index in [1.807, 2.05) is 19.1 Å². The first-order valence-corrected chi connectivity index (χ1v) is 19.2. The van der Waals surface area contributed by atoms with Crippen molar-refractivity contribution in [3.8, 4) is 22.5 Å². The van der Waals surface area contributed by atoms with Gasteiger partial charge in [0, 0.05) is 30.1 Å². The van der Waals surface area contributed by atoms with E-state index in [1.54, 1.807) is 56.1 Å². The summed E-state index contributed by atoms with van der Waals surface area (Å²) >= 11 is 0. The molecule has 12 nitrogen and oxygen atoms in total. The molecule has 1 aliphatic carbocycles. The van der Waals surface area contributed by atoms with Gasteiger partial charge in [-0.3, -0.25) is 9.59 Å². The number of aryl methyl sites for hydroxylation is 1. The number of H-pyrrole nitrogens is 1.